The van der Waals surface area contributed by atoms with E-state index in [1.165, 1.54) is 13.2 Å². The predicted molar refractivity (Wildman–Crippen MR) is 107 cm³/mol. The number of amides is 1. The number of hydrogen-bond donors (Lipinski definition) is 1. The molecular weight excluding hydrogens is 422 g/mol. The van der Waals surface area contributed by atoms with Crippen molar-refractivity contribution in [2.75, 3.05) is 14.2 Å². The molecular formula is C20H17N5O7. The van der Waals surface area contributed by atoms with Crippen LogP contribution in [-0.2, 0) is 15.9 Å². The number of carbonyl (C=O) groups is 3. The van der Waals surface area contributed by atoms with Crippen molar-refractivity contribution < 1.29 is 28.8 Å². The van der Waals surface area contributed by atoms with Crippen molar-refractivity contribution in [1.82, 2.24) is 19.9 Å². The Bertz CT molecular complexity index is 1280. The fraction of sp³-hybridized carbons (Fsp3) is 0.250. The number of rotatable bonds is 5. The Morgan fingerprint density at radius 1 is 1.19 bits per heavy atom. The summed E-state index contributed by atoms with van der Waals surface area (Å²) in [4.78, 5) is 51.4. The second-order valence-electron chi connectivity index (χ2n) is 7.01. The predicted octanol–water partition coefficient (Wildman–Crippen LogP) is 1.63. The molecule has 0 aliphatic heterocycles. The minimum Gasteiger partial charge on any atom is -0.465 e. The van der Waals surface area contributed by atoms with Gasteiger partial charge in [0.2, 0.25) is 5.65 Å². The van der Waals surface area contributed by atoms with Gasteiger partial charge in [0.15, 0.2) is 5.69 Å². The molecule has 1 aromatic carbocycles. The molecule has 0 bridgehead atoms. The zero-order valence-corrected chi connectivity index (χ0v) is 17.0. The number of aryl methyl sites for hydroxylation is 1. The van der Waals surface area contributed by atoms with Crippen LogP contribution in [-0.4, -0.2) is 51.6 Å². The highest BCUT2D eigenvalue weighted by atomic mass is 16.6. The first-order valence-corrected chi connectivity index (χ1v) is 9.47. The van der Waals surface area contributed by atoms with Gasteiger partial charge in [0, 0.05) is 6.07 Å². The van der Waals surface area contributed by atoms with E-state index < -0.39 is 28.5 Å². The Morgan fingerprint density at radius 3 is 2.62 bits per heavy atom. The van der Waals surface area contributed by atoms with Crippen molar-refractivity contribution in [1.29, 1.82) is 0 Å². The van der Waals surface area contributed by atoms with Crippen LogP contribution in [0.15, 0.2) is 30.5 Å². The van der Waals surface area contributed by atoms with E-state index in [9.17, 15) is 24.5 Å². The van der Waals surface area contributed by atoms with Crippen LogP contribution in [0.3, 0.4) is 0 Å². The average molecular weight is 439 g/mol. The van der Waals surface area contributed by atoms with Gasteiger partial charge in [-0.1, -0.05) is 6.07 Å². The SMILES string of the molecule is COC(=O)c1ccc2c(c1)CC[C@@H]2NC(=O)c1cc(C(=O)OC)nc2c([N+](=O)[O-])cnn12. The molecule has 2 aromatic heterocycles. The highest BCUT2D eigenvalue weighted by molar-refractivity contribution is 5.97. The summed E-state index contributed by atoms with van der Waals surface area (Å²) < 4.78 is 10.4. The Kier molecular flexibility index (Phi) is 5.26. The number of aromatic nitrogens is 3. The van der Waals surface area contributed by atoms with Crippen LogP contribution < -0.4 is 5.32 Å². The fourth-order valence-electron chi connectivity index (χ4n) is 3.70. The second-order valence-corrected chi connectivity index (χ2v) is 7.01. The Labute approximate surface area is 180 Å². The first-order chi connectivity index (χ1) is 15.3. The van der Waals surface area contributed by atoms with Gasteiger partial charge in [-0.2, -0.15) is 5.10 Å². The first-order valence-electron chi connectivity index (χ1n) is 9.47. The molecule has 1 atom stereocenters. The van der Waals surface area contributed by atoms with E-state index in [1.54, 1.807) is 18.2 Å². The number of nitrogens with one attached hydrogen (secondary N) is 1. The van der Waals surface area contributed by atoms with E-state index in [2.05, 4.69) is 20.1 Å². The Morgan fingerprint density at radius 2 is 1.94 bits per heavy atom. The molecule has 12 nitrogen and oxygen atoms in total. The lowest BCUT2D eigenvalue weighted by Crippen LogP contribution is -2.29. The third-order valence-electron chi connectivity index (χ3n) is 5.22. The summed E-state index contributed by atoms with van der Waals surface area (Å²) in [5.41, 5.74) is 1.09. The van der Waals surface area contributed by atoms with E-state index in [0.717, 1.165) is 28.9 Å². The summed E-state index contributed by atoms with van der Waals surface area (Å²) in [6, 6.07) is 5.90. The number of esters is 2. The first kappa shape index (κ1) is 20.9. The largest absolute Gasteiger partial charge is 0.465 e. The van der Waals surface area contributed by atoms with Crippen LogP contribution in [0.5, 0.6) is 0 Å². The van der Waals surface area contributed by atoms with Crippen molar-refractivity contribution in [3.63, 3.8) is 0 Å². The van der Waals surface area contributed by atoms with Gasteiger partial charge in [0.05, 0.1) is 30.7 Å². The van der Waals surface area contributed by atoms with Crippen LogP contribution in [0, 0.1) is 10.1 Å². The summed E-state index contributed by atoms with van der Waals surface area (Å²) in [6.07, 6.45) is 2.18. The summed E-state index contributed by atoms with van der Waals surface area (Å²) >= 11 is 0. The molecule has 1 amide bonds. The molecule has 0 unspecified atom stereocenters. The third-order valence-corrected chi connectivity index (χ3v) is 5.22. The van der Waals surface area contributed by atoms with Crippen LogP contribution in [0.4, 0.5) is 5.69 Å². The summed E-state index contributed by atoms with van der Waals surface area (Å²) in [5.74, 6) is -1.90. The lowest BCUT2D eigenvalue weighted by Gasteiger charge is -2.15. The lowest BCUT2D eigenvalue weighted by molar-refractivity contribution is -0.383. The number of hydrogen-bond acceptors (Lipinski definition) is 9. The summed E-state index contributed by atoms with van der Waals surface area (Å²) in [7, 11) is 2.44. The van der Waals surface area contributed by atoms with Crippen LogP contribution in [0.1, 0.15) is 54.9 Å². The smallest absolute Gasteiger partial charge is 0.356 e. The van der Waals surface area contributed by atoms with E-state index in [0.29, 0.717) is 18.4 Å². The molecule has 32 heavy (non-hydrogen) atoms. The molecule has 0 fully saturated rings. The zero-order valence-electron chi connectivity index (χ0n) is 17.0. The third kappa shape index (κ3) is 3.51. The topological polar surface area (TPSA) is 155 Å². The molecule has 3 aromatic rings. The van der Waals surface area contributed by atoms with Gasteiger partial charge >= 0.3 is 17.6 Å². The molecule has 0 radical (unpaired) electrons. The van der Waals surface area contributed by atoms with Crippen molar-refractivity contribution in [3.8, 4) is 0 Å². The lowest BCUT2D eigenvalue weighted by atomic mass is 10.0. The molecule has 0 saturated heterocycles. The summed E-state index contributed by atoms with van der Waals surface area (Å²) in [6.45, 7) is 0. The van der Waals surface area contributed by atoms with E-state index in [4.69, 9.17) is 4.74 Å². The normalized spacial score (nSPS) is 14.6. The van der Waals surface area contributed by atoms with Crippen LogP contribution in [0.2, 0.25) is 0 Å². The average Bonchev–Trinajstić information content (AvgIpc) is 3.41. The standard InChI is InChI=1S/C20H17N5O7/c1-31-19(27)11-3-5-12-10(7-11)4-6-13(12)23-18(26)15-8-14(20(28)32-2)22-17-16(25(29)30)9-21-24(15)17/h3,5,7-9,13H,4,6H2,1-2H3,(H,23,26)/t13-/m0/s1. The fourth-order valence-corrected chi connectivity index (χ4v) is 3.70. The highest BCUT2D eigenvalue weighted by Crippen LogP contribution is 2.32. The number of methoxy groups -OCH3 is 2. The number of nitrogens with zero attached hydrogens (tertiary/aromatic N) is 4. The van der Waals surface area contributed by atoms with E-state index in [1.807, 2.05) is 0 Å². The number of carbonyl (C=O) groups excluding carboxylic acids is 3. The van der Waals surface area contributed by atoms with E-state index >= 15 is 0 Å². The van der Waals surface area contributed by atoms with Gasteiger partial charge in [0.1, 0.15) is 11.9 Å². The molecule has 1 aliphatic rings. The quantitative estimate of drug-likeness (QED) is 0.355. The van der Waals surface area contributed by atoms with Crippen LogP contribution in [0.25, 0.3) is 5.65 Å². The number of nitro groups is 1. The number of benzene rings is 1. The molecule has 164 valence electrons. The Hall–Kier alpha value is -4.35. The van der Waals surface area contributed by atoms with Crippen molar-refractivity contribution in [2.24, 2.45) is 0 Å². The van der Waals surface area contributed by atoms with Gasteiger partial charge in [-0.25, -0.2) is 19.1 Å². The molecule has 2 heterocycles. The van der Waals surface area contributed by atoms with Gasteiger partial charge < -0.3 is 14.8 Å². The minimum absolute atomic E-state index is 0.108. The van der Waals surface area contributed by atoms with Crippen LogP contribution >= 0.6 is 0 Å². The number of fused-ring (bicyclic) bond motifs is 2. The van der Waals surface area contributed by atoms with Gasteiger partial charge in [-0.3, -0.25) is 14.9 Å². The van der Waals surface area contributed by atoms with Gasteiger partial charge in [-0.05, 0) is 36.1 Å². The molecule has 1 aliphatic carbocycles. The Balaban J connectivity index is 1.69. The maximum atomic E-state index is 13.1. The summed E-state index contributed by atoms with van der Waals surface area (Å²) in [5, 5.41) is 18.0. The maximum absolute atomic E-state index is 13.1. The molecule has 0 spiro atoms. The van der Waals surface area contributed by atoms with Crippen molar-refractivity contribution in [3.05, 3.63) is 68.7 Å². The monoisotopic (exact) mass is 439 g/mol. The molecule has 0 saturated carbocycles. The maximum Gasteiger partial charge on any atom is 0.356 e. The van der Waals surface area contributed by atoms with E-state index in [-0.39, 0.29) is 23.1 Å². The minimum atomic E-state index is -0.849. The number of ether oxygens (including phenoxy) is 2. The highest BCUT2D eigenvalue weighted by Gasteiger charge is 2.29. The van der Waals surface area contributed by atoms with Crippen molar-refractivity contribution >= 4 is 29.2 Å². The molecule has 4 rings (SSSR count). The molecule has 12 heteroatoms. The van der Waals surface area contributed by atoms with Gasteiger partial charge in [0.25, 0.3) is 5.91 Å². The second kappa shape index (κ2) is 8.06. The van der Waals surface area contributed by atoms with Crippen molar-refractivity contribution in [2.45, 2.75) is 18.9 Å². The van der Waals surface area contributed by atoms with Gasteiger partial charge in [-0.15, -0.1) is 0 Å². The zero-order chi connectivity index (χ0) is 23.0. The molecule has 1 N–H and O–H groups in total.